The number of benzene rings is 1. The third kappa shape index (κ3) is 5.65. The molecule has 9 heteroatoms. The number of aryl methyl sites for hydroxylation is 1. The van der Waals surface area contributed by atoms with Crippen LogP contribution in [0.3, 0.4) is 0 Å². The summed E-state index contributed by atoms with van der Waals surface area (Å²) in [7, 11) is 1.76. The number of aromatic nitrogens is 4. The first-order valence-electron chi connectivity index (χ1n) is 12.6. The lowest BCUT2D eigenvalue weighted by Crippen LogP contribution is -2.35. The van der Waals surface area contributed by atoms with E-state index in [0.717, 1.165) is 62.6 Å². The molecule has 0 spiro atoms. The van der Waals surface area contributed by atoms with E-state index in [9.17, 15) is 9.65 Å². The first-order valence-corrected chi connectivity index (χ1v) is 12.6. The number of imidazole rings is 1. The van der Waals surface area contributed by atoms with Gasteiger partial charge in [0, 0.05) is 50.9 Å². The van der Waals surface area contributed by atoms with Crippen LogP contribution >= 0.6 is 0 Å². The number of rotatable bonds is 9. The monoisotopic (exact) mass is 490 g/mol. The van der Waals surface area contributed by atoms with E-state index in [1.165, 1.54) is 12.4 Å². The maximum Gasteiger partial charge on any atom is 0.152 e. The van der Waals surface area contributed by atoms with E-state index in [4.69, 9.17) is 4.98 Å². The van der Waals surface area contributed by atoms with Crippen LogP contribution in [0.5, 0.6) is 0 Å². The van der Waals surface area contributed by atoms with Crippen molar-refractivity contribution in [3.8, 4) is 17.3 Å². The Balaban J connectivity index is 1.55. The Kier molecular flexibility index (Phi) is 8.16. The summed E-state index contributed by atoms with van der Waals surface area (Å²) in [5.41, 5.74) is 2.90. The smallest absolute Gasteiger partial charge is 0.152 e. The van der Waals surface area contributed by atoms with Crippen molar-refractivity contribution in [2.45, 2.75) is 46.1 Å². The van der Waals surface area contributed by atoms with Crippen molar-refractivity contribution in [3.05, 3.63) is 53.5 Å². The van der Waals surface area contributed by atoms with Crippen molar-refractivity contribution in [3.63, 3.8) is 0 Å². The van der Waals surface area contributed by atoms with Crippen LogP contribution in [0.1, 0.15) is 49.6 Å². The van der Waals surface area contributed by atoms with Crippen LogP contribution in [0.15, 0.2) is 30.7 Å². The molecular weight excluding hydrogens is 455 g/mol. The molecule has 0 amide bonds. The summed E-state index contributed by atoms with van der Waals surface area (Å²) < 4.78 is 16.1. The zero-order valence-corrected chi connectivity index (χ0v) is 21.6. The van der Waals surface area contributed by atoms with E-state index in [1.807, 2.05) is 6.07 Å². The Morgan fingerprint density at radius 3 is 2.67 bits per heavy atom. The highest BCUT2D eigenvalue weighted by atomic mass is 19.1. The Morgan fingerprint density at radius 2 is 2.00 bits per heavy atom. The van der Waals surface area contributed by atoms with Crippen molar-refractivity contribution >= 4 is 11.6 Å². The van der Waals surface area contributed by atoms with Crippen LogP contribution in [0, 0.1) is 30.0 Å². The SMILES string of the molecule is CNc1ncnc(N2CCC(c3nc(-c4ccc(F)c(C)c4)cn3CCNCC(C)C)CC2)c1C#N. The quantitative estimate of drug-likeness (QED) is 0.431. The fraction of sp³-hybridized carbons (Fsp3) is 0.481. The maximum absolute atomic E-state index is 13.9. The van der Waals surface area contributed by atoms with Crippen LogP contribution in [0.2, 0.25) is 0 Å². The fourth-order valence-corrected chi connectivity index (χ4v) is 4.73. The molecule has 3 heterocycles. The second-order valence-electron chi connectivity index (χ2n) is 9.78. The highest BCUT2D eigenvalue weighted by Gasteiger charge is 2.27. The average molecular weight is 491 g/mol. The topological polar surface area (TPSA) is 94.7 Å². The van der Waals surface area contributed by atoms with Gasteiger partial charge in [-0.1, -0.05) is 13.8 Å². The molecule has 190 valence electrons. The van der Waals surface area contributed by atoms with E-state index < -0.39 is 0 Å². The standard InChI is InChI=1S/C27H35FN8/c1-18(2)15-31-9-12-36-16-24(21-5-6-23(28)19(3)13-21)34-26(36)20-7-10-35(11-8-20)27-22(14-29)25(30-4)32-17-33-27/h5-6,13,16-18,20,31H,7-12,15H2,1-4H3,(H,30,32,33). The highest BCUT2D eigenvalue weighted by molar-refractivity contribution is 5.65. The van der Waals surface area contributed by atoms with E-state index >= 15 is 0 Å². The fourth-order valence-electron chi connectivity index (χ4n) is 4.73. The third-order valence-electron chi connectivity index (χ3n) is 6.68. The van der Waals surface area contributed by atoms with Gasteiger partial charge in [-0.2, -0.15) is 5.26 Å². The molecule has 0 radical (unpaired) electrons. The van der Waals surface area contributed by atoms with Crippen LogP contribution < -0.4 is 15.5 Å². The lowest BCUT2D eigenvalue weighted by Gasteiger charge is -2.33. The minimum atomic E-state index is -0.202. The molecule has 8 nitrogen and oxygen atoms in total. The number of anilines is 2. The second kappa shape index (κ2) is 11.5. The van der Waals surface area contributed by atoms with Crippen molar-refractivity contribution in [1.82, 2.24) is 24.8 Å². The van der Waals surface area contributed by atoms with Gasteiger partial charge in [-0.3, -0.25) is 0 Å². The van der Waals surface area contributed by atoms with E-state index in [1.54, 1.807) is 20.0 Å². The number of nitrogens with zero attached hydrogens (tertiary/aromatic N) is 6. The van der Waals surface area contributed by atoms with Crippen molar-refractivity contribution in [2.24, 2.45) is 5.92 Å². The normalized spacial score (nSPS) is 14.3. The molecule has 0 atom stereocenters. The van der Waals surface area contributed by atoms with Crippen LogP contribution in [-0.4, -0.2) is 52.7 Å². The minimum absolute atomic E-state index is 0.202. The summed E-state index contributed by atoms with van der Waals surface area (Å²) in [5.74, 6) is 2.98. The predicted octanol–water partition coefficient (Wildman–Crippen LogP) is 4.33. The van der Waals surface area contributed by atoms with E-state index in [2.05, 4.69) is 56.2 Å². The first-order chi connectivity index (χ1) is 17.4. The molecule has 1 aliphatic rings. The highest BCUT2D eigenvalue weighted by Crippen LogP contribution is 2.33. The van der Waals surface area contributed by atoms with Gasteiger partial charge in [-0.25, -0.2) is 19.3 Å². The average Bonchev–Trinajstić information content (AvgIpc) is 3.31. The largest absolute Gasteiger partial charge is 0.372 e. The first kappa shape index (κ1) is 25.6. The molecule has 4 rings (SSSR count). The minimum Gasteiger partial charge on any atom is -0.372 e. The zero-order chi connectivity index (χ0) is 25.7. The lowest BCUT2D eigenvalue weighted by atomic mass is 9.95. The van der Waals surface area contributed by atoms with Gasteiger partial charge in [0.25, 0.3) is 0 Å². The Hall–Kier alpha value is -3.51. The number of hydrogen-bond donors (Lipinski definition) is 2. The molecular formula is C27H35FN8. The number of hydrogen-bond acceptors (Lipinski definition) is 7. The van der Waals surface area contributed by atoms with Crippen molar-refractivity contribution < 1.29 is 4.39 Å². The van der Waals surface area contributed by atoms with Crippen LogP contribution in [-0.2, 0) is 6.54 Å². The van der Waals surface area contributed by atoms with Crippen LogP contribution in [0.4, 0.5) is 16.0 Å². The summed E-state index contributed by atoms with van der Waals surface area (Å²) in [5, 5.41) is 16.2. The molecule has 0 saturated carbocycles. The van der Waals surface area contributed by atoms with Gasteiger partial charge < -0.3 is 20.1 Å². The predicted molar refractivity (Wildman–Crippen MR) is 141 cm³/mol. The lowest BCUT2D eigenvalue weighted by molar-refractivity contribution is 0.453. The Labute approximate surface area is 212 Å². The summed E-state index contributed by atoms with van der Waals surface area (Å²) in [6, 6.07) is 7.43. The number of halogens is 1. The summed E-state index contributed by atoms with van der Waals surface area (Å²) in [6.07, 6.45) is 5.41. The van der Waals surface area contributed by atoms with E-state index in [-0.39, 0.29) is 11.7 Å². The molecule has 1 fully saturated rings. The maximum atomic E-state index is 13.9. The van der Waals surface area contributed by atoms with Crippen LogP contribution in [0.25, 0.3) is 11.3 Å². The summed E-state index contributed by atoms with van der Waals surface area (Å²) in [4.78, 5) is 15.8. The molecule has 1 saturated heterocycles. The van der Waals surface area contributed by atoms with E-state index in [0.29, 0.717) is 28.7 Å². The van der Waals surface area contributed by atoms with Gasteiger partial charge in [0.05, 0.1) is 5.69 Å². The third-order valence-corrected chi connectivity index (χ3v) is 6.68. The molecule has 3 aromatic rings. The molecule has 1 aliphatic heterocycles. The van der Waals surface area contributed by atoms with Gasteiger partial charge in [-0.15, -0.1) is 0 Å². The number of nitrogens with one attached hydrogen (secondary N) is 2. The zero-order valence-electron chi connectivity index (χ0n) is 21.6. The Morgan fingerprint density at radius 1 is 1.22 bits per heavy atom. The Bertz CT molecular complexity index is 1220. The van der Waals surface area contributed by atoms with Crippen molar-refractivity contribution in [1.29, 1.82) is 5.26 Å². The molecule has 0 bridgehead atoms. The molecule has 2 aromatic heterocycles. The molecule has 0 aliphatic carbocycles. The van der Waals surface area contributed by atoms with Gasteiger partial charge in [0.1, 0.15) is 35.4 Å². The second-order valence-corrected chi connectivity index (χ2v) is 9.78. The summed E-state index contributed by atoms with van der Waals surface area (Å²) in [6.45, 7) is 10.4. The molecule has 0 unspecified atom stereocenters. The molecule has 2 N–H and O–H groups in total. The molecule has 1 aromatic carbocycles. The van der Waals surface area contributed by atoms with Gasteiger partial charge in [0.2, 0.25) is 0 Å². The van der Waals surface area contributed by atoms with Gasteiger partial charge >= 0.3 is 0 Å². The number of nitriles is 1. The molecule has 36 heavy (non-hydrogen) atoms. The summed E-state index contributed by atoms with van der Waals surface area (Å²) >= 11 is 0. The van der Waals surface area contributed by atoms with Gasteiger partial charge in [0.15, 0.2) is 5.82 Å². The number of piperidine rings is 1. The van der Waals surface area contributed by atoms with Crippen molar-refractivity contribution in [2.75, 3.05) is 43.4 Å². The van der Waals surface area contributed by atoms with Gasteiger partial charge in [-0.05, 0) is 56.0 Å².